The average Bonchev–Trinajstić information content (AvgIpc) is 2.45. The number of hydrogen-bond donors (Lipinski definition) is 1. The van der Waals surface area contributed by atoms with E-state index in [2.05, 4.69) is 10.3 Å². The van der Waals surface area contributed by atoms with Crippen LogP contribution in [-0.2, 0) is 11.2 Å². The molecule has 20 heavy (non-hydrogen) atoms. The van der Waals surface area contributed by atoms with E-state index >= 15 is 0 Å². The SMILES string of the molecule is CN[C@@H](Cc1ccc(-c2cccc(Cl)c2)nc1)C(C)=O. The fourth-order valence-corrected chi connectivity index (χ4v) is 2.24. The van der Waals surface area contributed by atoms with Crippen molar-refractivity contribution in [2.24, 2.45) is 0 Å². The van der Waals surface area contributed by atoms with Crippen LogP contribution < -0.4 is 5.32 Å². The van der Waals surface area contributed by atoms with Crippen molar-refractivity contribution in [3.05, 3.63) is 53.2 Å². The van der Waals surface area contributed by atoms with Crippen molar-refractivity contribution in [1.82, 2.24) is 10.3 Å². The van der Waals surface area contributed by atoms with Crippen LogP contribution in [-0.4, -0.2) is 23.9 Å². The quantitative estimate of drug-likeness (QED) is 0.919. The van der Waals surface area contributed by atoms with Gasteiger partial charge in [0.05, 0.1) is 11.7 Å². The highest BCUT2D eigenvalue weighted by Crippen LogP contribution is 2.21. The number of carbonyl (C=O) groups is 1. The number of Topliss-reactive ketones (excluding diaryl/α,β-unsaturated/α-hetero) is 1. The number of hydrogen-bond acceptors (Lipinski definition) is 3. The topological polar surface area (TPSA) is 42.0 Å². The molecule has 0 unspecified atom stereocenters. The molecule has 4 heteroatoms. The van der Waals surface area contributed by atoms with Crippen LogP contribution in [0.1, 0.15) is 12.5 Å². The molecule has 0 aliphatic rings. The van der Waals surface area contributed by atoms with E-state index in [1.54, 1.807) is 14.0 Å². The third kappa shape index (κ3) is 3.65. The van der Waals surface area contributed by atoms with Gasteiger partial charge in [0.15, 0.2) is 0 Å². The van der Waals surface area contributed by atoms with Gasteiger partial charge in [-0.25, -0.2) is 0 Å². The smallest absolute Gasteiger partial charge is 0.147 e. The number of benzene rings is 1. The number of ketones is 1. The summed E-state index contributed by atoms with van der Waals surface area (Å²) in [4.78, 5) is 15.8. The summed E-state index contributed by atoms with van der Waals surface area (Å²) in [6, 6.07) is 11.4. The van der Waals surface area contributed by atoms with Crippen molar-refractivity contribution in [3.8, 4) is 11.3 Å². The molecule has 0 saturated heterocycles. The van der Waals surface area contributed by atoms with Crippen molar-refractivity contribution in [3.63, 3.8) is 0 Å². The van der Waals surface area contributed by atoms with E-state index in [-0.39, 0.29) is 11.8 Å². The summed E-state index contributed by atoms with van der Waals surface area (Å²) in [7, 11) is 1.79. The maximum absolute atomic E-state index is 11.4. The summed E-state index contributed by atoms with van der Waals surface area (Å²) in [6.45, 7) is 1.59. The molecule has 1 aromatic carbocycles. The lowest BCUT2D eigenvalue weighted by atomic mass is 10.0. The molecule has 3 nitrogen and oxygen atoms in total. The Kier molecular flexibility index (Phi) is 4.88. The summed E-state index contributed by atoms with van der Waals surface area (Å²) in [5.74, 6) is 0.131. The molecule has 0 aliphatic heterocycles. The van der Waals surface area contributed by atoms with Gasteiger partial charge in [-0.1, -0.05) is 29.8 Å². The highest BCUT2D eigenvalue weighted by Gasteiger charge is 2.12. The van der Waals surface area contributed by atoms with Gasteiger partial charge in [0.2, 0.25) is 0 Å². The third-order valence-corrected chi connectivity index (χ3v) is 3.46. The van der Waals surface area contributed by atoms with Crippen molar-refractivity contribution in [1.29, 1.82) is 0 Å². The van der Waals surface area contributed by atoms with Gasteiger partial charge in [-0.15, -0.1) is 0 Å². The molecule has 1 atom stereocenters. The predicted octanol–water partition coefficient (Wildman–Crippen LogP) is 3.12. The first-order valence-corrected chi connectivity index (χ1v) is 6.86. The van der Waals surface area contributed by atoms with Crippen LogP contribution in [0.15, 0.2) is 42.6 Å². The monoisotopic (exact) mass is 288 g/mol. The second kappa shape index (κ2) is 6.64. The van der Waals surface area contributed by atoms with Gasteiger partial charge in [0, 0.05) is 16.8 Å². The first-order chi connectivity index (χ1) is 9.60. The molecule has 1 N–H and O–H groups in total. The van der Waals surface area contributed by atoms with E-state index in [1.165, 1.54) is 0 Å². The maximum atomic E-state index is 11.4. The molecule has 0 amide bonds. The molecule has 1 aromatic heterocycles. The largest absolute Gasteiger partial charge is 0.310 e. The third-order valence-electron chi connectivity index (χ3n) is 3.22. The van der Waals surface area contributed by atoms with E-state index < -0.39 is 0 Å². The van der Waals surface area contributed by atoms with Crippen molar-refractivity contribution in [2.45, 2.75) is 19.4 Å². The Morgan fingerprint density at radius 2 is 2.15 bits per heavy atom. The lowest BCUT2D eigenvalue weighted by Crippen LogP contribution is -2.34. The number of pyridine rings is 1. The summed E-state index contributed by atoms with van der Waals surface area (Å²) >= 11 is 5.97. The van der Waals surface area contributed by atoms with Gasteiger partial charge in [0.1, 0.15) is 5.78 Å². The Balaban J connectivity index is 2.16. The number of aromatic nitrogens is 1. The number of rotatable bonds is 5. The van der Waals surface area contributed by atoms with Crippen LogP contribution in [0.3, 0.4) is 0 Å². The maximum Gasteiger partial charge on any atom is 0.147 e. The number of carbonyl (C=O) groups excluding carboxylic acids is 1. The Morgan fingerprint density at radius 1 is 1.35 bits per heavy atom. The number of nitrogens with one attached hydrogen (secondary N) is 1. The number of likely N-dealkylation sites (N-methyl/N-ethyl adjacent to an activating group) is 1. The van der Waals surface area contributed by atoms with E-state index in [0.717, 1.165) is 16.8 Å². The molecule has 0 saturated carbocycles. The van der Waals surface area contributed by atoms with E-state index in [9.17, 15) is 4.79 Å². The van der Waals surface area contributed by atoms with Crippen LogP contribution in [0, 0.1) is 0 Å². The van der Waals surface area contributed by atoms with E-state index in [1.807, 2.05) is 42.6 Å². The Labute approximate surface area is 124 Å². The van der Waals surface area contributed by atoms with Crippen LogP contribution in [0.25, 0.3) is 11.3 Å². The summed E-state index contributed by atoms with van der Waals surface area (Å²) in [5.41, 5.74) is 2.89. The van der Waals surface area contributed by atoms with Crippen LogP contribution in [0.2, 0.25) is 5.02 Å². The van der Waals surface area contributed by atoms with Crippen LogP contribution >= 0.6 is 11.6 Å². The molecule has 0 fully saturated rings. The minimum Gasteiger partial charge on any atom is -0.310 e. The number of nitrogens with zero attached hydrogens (tertiary/aromatic N) is 1. The first-order valence-electron chi connectivity index (χ1n) is 6.48. The molecule has 104 valence electrons. The van der Waals surface area contributed by atoms with Crippen LogP contribution in [0.5, 0.6) is 0 Å². The van der Waals surface area contributed by atoms with Crippen molar-refractivity contribution < 1.29 is 4.79 Å². The standard InChI is InChI=1S/C16H17ClN2O/c1-11(20)16(18-2)8-12-6-7-15(19-10-12)13-4-3-5-14(17)9-13/h3-7,9-10,16,18H,8H2,1-2H3/t16-/m0/s1. The minimum absolute atomic E-state index is 0.131. The number of halogens is 1. The molecular formula is C16H17ClN2O. The first kappa shape index (κ1) is 14.7. The molecule has 0 bridgehead atoms. The zero-order valence-electron chi connectivity index (χ0n) is 11.6. The second-order valence-corrected chi connectivity index (χ2v) is 5.15. The van der Waals surface area contributed by atoms with Crippen LogP contribution in [0.4, 0.5) is 0 Å². The molecule has 0 radical (unpaired) electrons. The van der Waals surface area contributed by atoms with Crippen molar-refractivity contribution in [2.75, 3.05) is 7.05 Å². The summed E-state index contributed by atoms with van der Waals surface area (Å²) in [5, 5.41) is 3.70. The molecule has 2 aromatic rings. The fraction of sp³-hybridized carbons (Fsp3) is 0.250. The zero-order chi connectivity index (χ0) is 14.5. The molecular weight excluding hydrogens is 272 g/mol. The Bertz CT molecular complexity index is 596. The van der Waals surface area contributed by atoms with Gasteiger partial charge in [-0.3, -0.25) is 9.78 Å². The lowest BCUT2D eigenvalue weighted by molar-refractivity contribution is -0.118. The summed E-state index contributed by atoms with van der Waals surface area (Å²) in [6.07, 6.45) is 2.46. The second-order valence-electron chi connectivity index (χ2n) is 4.72. The Morgan fingerprint density at radius 3 is 2.70 bits per heavy atom. The summed E-state index contributed by atoms with van der Waals surface area (Å²) < 4.78 is 0. The highest BCUT2D eigenvalue weighted by atomic mass is 35.5. The Hall–Kier alpha value is -1.71. The molecule has 0 spiro atoms. The van der Waals surface area contributed by atoms with Gasteiger partial charge in [-0.05, 0) is 44.2 Å². The van der Waals surface area contributed by atoms with E-state index in [4.69, 9.17) is 11.6 Å². The fourth-order valence-electron chi connectivity index (χ4n) is 2.05. The lowest BCUT2D eigenvalue weighted by Gasteiger charge is -2.12. The molecule has 2 rings (SSSR count). The van der Waals surface area contributed by atoms with Crippen molar-refractivity contribution >= 4 is 17.4 Å². The normalized spacial score (nSPS) is 12.2. The molecule has 0 aliphatic carbocycles. The zero-order valence-corrected chi connectivity index (χ0v) is 12.3. The van der Waals surface area contributed by atoms with Gasteiger partial charge >= 0.3 is 0 Å². The highest BCUT2D eigenvalue weighted by molar-refractivity contribution is 6.30. The average molecular weight is 289 g/mol. The van der Waals surface area contributed by atoms with E-state index in [0.29, 0.717) is 11.4 Å². The molecule has 1 heterocycles. The van der Waals surface area contributed by atoms with Gasteiger partial charge < -0.3 is 5.32 Å². The predicted molar refractivity (Wildman–Crippen MR) is 81.9 cm³/mol. The van der Waals surface area contributed by atoms with Gasteiger partial charge in [-0.2, -0.15) is 0 Å². The van der Waals surface area contributed by atoms with Gasteiger partial charge in [0.25, 0.3) is 0 Å². The minimum atomic E-state index is -0.159.